The molecule has 2 amide bonds. The predicted molar refractivity (Wildman–Crippen MR) is 119 cm³/mol. The Hall–Kier alpha value is -3.80. The lowest BCUT2D eigenvalue weighted by Gasteiger charge is -2.17. The Bertz CT molecular complexity index is 1030. The number of carbonyl (C=O) groups excluding carboxylic acids is 2. The molecule has 3 aromatic rings. The number of carbonyl (C=O) groups is 2. The maximum Gasteiger partial charge on any atom is 0.229 e. The van der Waals surface area contributed by atoms with Crippen LogP contribution in [0.15, 0.2) is 78.9 Å². The van der Waals surface area contributed by atoms with Crippen molar-refractivity contribution < 1.29 is 19.1 Å². The van der Waals surface area contributed by atoms with Gasteiger partial charge in [-0.2, -0.15) is 0 Å². The van der Waals surface area contributed by atoms with E-state index < -0.39 is 5.92 Å². The molecule has 1 aliphatic rings. The first kappa shape index (κ1) is 20.5. The molecule has 0 aliphatic carbocycles. The third-order valence-electron chi connectivity index (χ3n) is 5.25. The van der Waals surface area contributed by atoms with Crippen LogP contribution < -0.4 is 19.7 Å². The van der Waals surface area contributed by atoms with Crippen molar-refractivity contribution in [3.05, 3.63) is 84.4 Å². The van der Waals surface area contributed by atoms with Gasteiger partial charge in [-0.05, 0) is 54.1 Å². The van der Waals surface area contributed by atoms with E-state index in [0.717, 1.165) is 22.7 Å². The quantitative estimate of drug-likeness (QED) is 0.625. The van der Waals surface area contributed by atoms with Crippen molar-refractivity contribution in [2.45, 2.75) is 13.0 Å². The van der Waals surface area contributed by atoms with Gasteiger partial charge in [0.05, 0.1) is 13.0 Å². The molecule has 0 aromatic heterocycles. The summed E-state index contributed by atoms with van der Waals surface area (Å²) in [6, 6.07) is 24.4. The second kappa shape index (κ2) is 9.34. The number of ether oxygens (including phenoxy) is 2. The molecular formula is C25H24N2O4. The number of anilines is 2. The zero-order valence-corrected chi connectivity index (χ0v) is 17.3. The highest BCUT2D eigenvalue weighted by Crippen LogP contribution is 2.28. The number of methoxy groups -OCH3 is 1. The standard InChI is InChI=1S/C25H24N2O4/c1-30-22-13-9-21(10-14-22)27-16-19(15-24(27)28)25(29)26-20-7-11-23(12-8-20)31-17-18-5-3-2-4-6-18/h2-14,19H,15-17H2,1H3,(H,26,29)/t19-/m0/s1. The molecule has 6 nitrogen and oxygen atoms in total. The van der Waals surface area contributed by atoms with Crippen LogP contribution in [0, 0.1) is 5.92 Å². The van der Waals surface area contributed by atoms with Crippen LogP contribution in [0.5, 0.6) is 11.5 Å². The minimum atomic E-state index is -0.399. The van der Waals surface area contributed by atoms with Crippen molar-refractivity contribution >= 4 is 23.2 Å². The average Bonchev–Trinajstić information content (AvgIpc) is 3.21. The summed E-state index contributed by atoms with van der Waals surface area (Å²) < 4.78 is 10.9. The lowest BCUT2D eigenvalue weighted by Crippen LogP contribution is -2.28. The fourth-order valence-corrected chi connectivity index (χ4v) is 3.51. The van der Waals surface area contributed by atoms with Gasteiger partial charge in [0.25, 0.3) is 0 Å². The molecule has 0 bridgehead atoms. The molecule has 31 heavy (non-hydrogen) atoms. The predicted octanol–water partition coefficient (Wildman–Crippen LogP) is 4.27. The molecule has 4 rings (SSSR count). The van der Waals surface area contributed by atoms with Crippen LogP contribution in [-0.4, -0.2) is 25.5 Å². The number of hydrogen-bond donors (Lipinski definition) is 1. The lowest BCUT2D eigenvalue weighted by atomic mass is 10.1. The molecule has 1 saturated heterocycles. The van der Waals surface area contributed by atoms with E-state index in [1.54, 1.807) is 36.3 Å². The summed E-state index contributed by atoms with van der Waals surface area (Å²) in [7, 11) is 1.60. The Morgan fingerprint density at radius 2 is 1.65 bits per heavy atom. The second-order valence-electron chi connectivity index (χ2n) is 7.39. The first-order valence-electron chi connectivity index (χ1n) is 10.1. The maximum absolute atomic E-state index is 12.7. The molecule has 0 radical (unpaired) electrons. The molecule has 1 N–H and O–H groups in total. The largest absolute Gasteiger partial charge is 0.497 e. The van der Waals surface area contributed by atoms with Gasteiger partial charge < -0.3 is 19.7 Å². The third-order valence-corrected chi connectivity index (χ3v) is 5.25. The van der Waals surface area contributed by atoms with E-state index in [-0.39, 0.29) is 18.2 Å². The van der Waals surface area contributed by atoms with Crippen molar-refractivity contribution in [3.63, 3.8) is 0 Å². The van der Waals surface area contributed by atoms with E-state index in [1.165, 1.54) is 0 Å². The van der Waals surface area contributed by atoms with E-state index in [2.05, 4.69) is 5.32 Å². The van der Waals surface area contributed by atoms with Crippen LogP contribution >= 0.6 is 0 Å². The summed E-state index contributed by atoms with van der Waals surface area (Å²) in [6.45, 7) is 0.840. The van der Waals surface area contributed by atoms with Crippen molar-refractivity contribution in [2.24, 2.45) is 5.92 Å². The molecule has 6 heteroatoms. The van der Waals surface area contributed by atoms with Crippen molar-refractivity contribution in [3.8, 4) is 11.5 Å². The molecule has 1 aliphatic heterocycles. The van der Waals surface area contributed by atoms with Gasteiger partial charge in [-0.15, -0.1) is 0 Å². The monoisotopic (exact) mass is 416 g/mol. The summed E-state index contributed by atoms with van der Waals surface area (Å²) in [4.78, 5) is 26.8. The fraction of sp³-hybridized carbons (Fsp3) is 0.200. The van der Waals surface area contributed by atoms with Crippen molar-refractivity contribution in [1.29, 1.82) is 0 Å². The first-order valence-corrected chi connectivity index (χ1v) is 10.1. The van der Waals surface area contributed by atoms with E-state index >= 15 is 0 Å². The van der Waals surface area contributed by atoms with Crippen molar-refractivity contribution in [1.82, 2.24) is 0 Å². The van der Waals surface area contributed by atoms with Gasteiger partial charge in [-0.1, -0.05) is 30.3 Å². The minimum Gasteiger partial charge on any atom is -0.497 e. The van der Waals surface area contributed by atoms with Crippen LogP contribution in [0.4, 0.5) is 11.4 Å². The Labute approximate surface area is 181 Å². The zero-order chi connectivity index (χ0) is 21.6. The van der Waals surface area contributed by atoms with E-state index in [9.17, 15) is 9.59 Å². The molecular weight excluding hydrogens is 392 g/mol. The second-order valence-corrected chi connectivity index (χ2v) is 7.39. The zero-order valence-electron chi connectivity index (χ0n) is 17.3. The van der Waals surface area contributed by atoms with E-state index in [4.69, 9.17) is 9.47 Å². The average molecular weight is 416 g/mol. The summed E-state index contributed by atoms with van der Waals surface area (Å²) in [5.74, 6) is 0.824. The van der Waals surface area contributed by atoms with Gasteiger partial charge in [0, 0.05) is 24.3 Å². The minimum absolute atomic E-state index is 0.0602. The summed E-state index contributed by atoms with van der Waals surface area (Å²) >= 11 is 0. The van der Waals surface area contributed by atoms with Gasteiger partial charge >= 0.3 is 0 Å². The van der Waals surface area contributed by atoms with Crippen LogP contribution in [0.3, 0.4) is 0 Å². The van der Waals surface area contributed by atoms with Gasteiger partial charge in [0.2, 0.25) is 11.8 Å². The number of nitrogens with zero attached hydrogens (tertiary/aromatic N) is 1. The van der Waals surface area contributed by atoms with E-state index in [1.807, 2.05) is 54.6 Å². The molecule has 1 heterocycles. The number of nitrogens with one attached hydrogen (secondary N) is 1. The smallest absolute Gasteiger partial charge is 0.229 e. The Balaban J connectivity index is 1.32. The van der Waals surface area contributed by atoms with Crippen molar-refractivity contribution in [2.75, 3.05) is 23.9 Å². The van der Waals surface area contributed by atoms with Gasteiger partial charge in [-0.3, -0.25) is 9.59 Å². The summed E-state index contributed by atoms with van der Waals surface area (Å²) in [5, 5.41) is 2.90. The topological polar surface area (TPSA) is 67.9 Å². The fourth-order valence-electron chi connectivity index (χ4n) is 3.51. The molecule has 1 fully saturated rings. The van der Waals surface area contributed by atoms with E-state index in [0.29, 0.717) is 18.8 Å². The number of rotatable bonds is 7. The summed E-state index contributed by atoms with van der Waals surface area (Å²) in [6.07, 6.45) is 0.191. The number of hydrogen-bond acceptors (Lipinski definition) is 4. The van der Waals surface area contributed by atoms with Gasteiger partial charge in [-0.25, -0.2) is 0 Å². The van der Waals surface area contributed by atoms with Gasteiger partial charge in [0.1, 0.15) is 18.1 Å². The third kappa shape index (κ3) is 5.04. The molecule has 1 atom stereocenters. The highest BCUT2D eigenvalue weighted by Gasteiger charge is 2.35. The number of benzene rings is 3. The first-order chi connectivity index (χ1) is 15.1. The molecule has 158 valence electrons. The Morgan fingerprint density at radius 1 is 0.968 bits per heavy atom. The summed E-state index contributed by atoms with van der Waals surface area (Å²) in [5.41, 5.74) is 2.53. The molecule has 3 aromatic carbocycles. The number of amides is 2. The highest BCUT2D eigenvalue weighted by molar-refractivity contribution is 6.03. The molecule has 0 unspecified atom stereocenters. The highest BCUT2D eigenvalue weighted by atomic mass is 16.5. The van der Waals surface area contributed by atoms with Crippen LogP contribution in [0.25, 0.3) is 0 Å². The Morgan fingerprint density at radius 3 is 2.32 bits per heavy atom. The van der Waals surface area contributed by atoms with Crippen LogP contribution in [-0.2, 0) is 16.2 Å². The van der Waals surface area contributed by atoms with Crippen LogP contribution in [0.2, 0.25) is 0 Å². The normalized spacial score (nSPS) is 15.6. The molecule has 0 spiro atoms. The van der Waals surface area contributed by atoms with Gasteiger partial charge in [0.15, 0.2) is 0 Å². The SMILES string of the molecule is COc1ccc(N2C[C@@H](C(=O)Nc3ccc(OCc4ccccc4)cc3)CC2=O)cc1. The Kier molecular flexibility index (Phi) is 6.17. The molecule has 0 saturated carbocycles. The maximum atomic E-state index is 12.7. The van der Waals surface area contributed by atoms with Crippen LogP contribution in [0.1, 0.15) is 12.0 Å². The lowest BCUT2D eigenvalue weighted by molar-refractivity contribution is -0.122.